The number of fused-ring (bicyclic) bond motifs is 4. The molecule has 0 saturated carbocycles. The van der Waals surface area contributed by atoms with Crippen molar-refractivity contribution in [3.8, 4) is 0 Å². The summed E-state index contributed by atoms with van der Waals surface area (Å²) in [5.41, 5.74) is 7.00. The van der Waals surface area contributed by atoms with Crippen molar-refractivity contribution in [3.05, 3.63) is 70.9 Å². The van der Waals surface area contributed by atoms with E-state index >= 15 is 0 Å². The van der Waals surface area contributed by atoms with Gasteiger partial charge in [-0.2, -0.15) is 0 Å². The molecule has 0 aliphatic carbocycles. The summed E-state index contributed by atoms with van der Waals surface area (Å²) in [6.07, 6.45) is 3.75. The zero-order chi connectivity index (χ0) is 19.1. The largest absolute Gasteiger partial charge is 0.357 e. The van der Waals surface area contributed by atoms with Crippen LogP contribution in [-0.4, -0.2) is 47.0 Å². The van der Waals surface area contributed by atoms with Gasteiger partial charge in [0.15, 0.2) is 0 Å². The highest BCUT2D eigenvalue weighted by Crippen LogP contribution is 2.41. The molecule has 2 aliphatic rings. The summed E-state index contributed by atoms with van der Waals surface area (Å²) in [5.74, 6) is 0. The first-order chi connectivity index (χ1) is 13.7. The van der Waals surface area contributed by atoms with E-state index in [2.05, 4.69) is 77.2 Å². The molecule has 2 unspecified atom stereocenters. The molecule has 0 bridgehead atoms. The maximum absolute atomic E-state index is 3.80. The fourth-order valence-corrected chi connectivity index (χ4v) is 5.22. The third kappa shape index (κ3) is 3.07. The summed E-state index contributed by atoms with van der Waals surface area (Å²) in [6.45, 7) is 9.26. The zero-order valence-corrected chi connectivity index (χ0v) is 17.1. The first-order valence-electron chi connectivity index (χ1n) is 10.9. The summed E-state index contributed by atoms with van der Waals surface area (Å²) >= 11 is 0. The van der Waals surface area contributed by atoms with Gasteiger partial charge in [-0.15, -0.1) is 0 Å². The molecule has 3 heterocycles. The van der Waals surface area contributed by atoms with Gasteiger partial charge in [-0.3, -0.25) is 4.90 Å². The number of rotatable bonds is 4. The number of benzene rings is 2. The van der Waals surface area contributed by atoms with Gasteiger partial charge in [-0.1, -0.05) is 61.4 Å². The maximum atomic E-state index is 3.80. The smallest absolute Gasteiger partial charge is 0.0760 e. The van der Waals surface area contributed by atoms with Crippen molar-refractivity contribution in [1.29, 1.82) is 0 Å². The van der Waals surface area contributed by atoms with Gasteiger partial charge >= 0.3 is 0 Å². The average Bonchev–Trinajstić information content (AvgIpc) is 3.09. The molecule has 1 saturated heterocycles. The Morgan fingerprint density at radius 3 is 2.68 bits per heavy atom. The van der Waals surface area contributed by atoms with Crippen LogP contribution in [0, 0.1) is 6.92 Å². The Kier molecular flexibility index (Phi) is 4.73. The Bertz CT molecular complexity index is 956. The van der Waals surface area contributed by atoms with Crippen molar-refractivity contribution in [3.63, 3.8) is 0 Å². The molecule has 0 amide bonds. The molecule has 5 rings (SSSR count). The number of nitrogens with one attached hydrogen (secondary N) is 1. The van der Waals surface area contributed by atoms with Gasteiger partial charge in [-0.05, 0) is 43.5 Å². The number of unbranched alkanes of at least 4 members (excludes halogenated alkanes) is 1. The highest BCUT2D eigenvalue weighted by Gasteiger charge is 2.40. The standard InChI is InChI=1S/C25H31N3/c1-3-4-13-27-14-15-28-20(17-27)16-22-21-7-5-6-8-23(21)26-24(22)25(28)19-11-9-18(2)10-12-19/h5-12,20,25-26H,3-4,13-17H2,1-2H3. The molecule has 2 atom stereocenters. The highest BCUT2D eigenvalue weighted by molar-refractivity contribution is 5.85. The van der Waals surface area contributed by atoms with Crippen molar-refractivity contribution in [2.75, 3.05) is 26.2 Å². The minimum absolute atomic E-state index is 0.343. The third-order valence-electron chi connectivity index (χ3n) is 6.72. The lowest BCUT2D eigenvalue weighted by Crippen LogP contribution is -2.57. The molecule has 1 fully saturated rings. The van der Waals surface area contributed by atoms with Crippen LogP contribution in [0.1, 0.15) is 48.2 Å². The Labute approximate surface area is 168 Å². The number of hydrogen-bond donors (Lipinski definition) is 1. The van der Waals surface area contributed by atoms with Crippen LogP contribution >= 0.6 is 0 Å². The van der Waals surface area contributed by atoms with Crippen LogP contribution in [0.2, 0.25) is 0 Å². The second-order valence-electron chi connectivity index (χ2n) is 8.63. The monoisotopic (exact) mass is 373 g/mol. The SMILES string of the molecule is CCCCN1CCN2C(Cc3c([nH]c4ccccc34)C2c2ccc(C)cc2)C1. The maximum Gasteiger partial charge on any atom is 0.0760 e. The lowest BCUT2D eigenvalue weighted by Gasteiger charge is -2.48. The summed E-state index contributed by atoms with van der Waals surface area (Å²) < 4.78 is 0. The first kappa shape index (κ1) is 18.0. The average molecular weight is 374 g/mol. The van der Waals surface area contributed by atoms with Gasteiger partial charge < -0.3 is 9.88 Å². The number of piperazine rings is 1. The van der Waals surface area contributed by atoms with E-state index in [1.54, 1.807) is 5.56 Å². The quantitative estimate of drug-likeness (QED) is 0.702. The van der Waals surface area contributed by atoms with E-state index in [4.69, 9.17) is 0 Å². The van der Waals surface area contributed by atoms with E-state index in [1.807, 2.05) is 0 Å². The molecule has 2 aromatic carbocycles. The Balaban J connectivity index is 1.57. The number of para-hydroxylation sites is 1. The number of aryl methyl sites for hydroxylation is 1. The zero-order valence-electron chi connectivity index (χ0n) is 17.1. The fraction of sp³-hybridized carbons (Fsp3) is 0.440. The second-order valence-corrected chi connectivity index (χ2v) is 8.63. The minimum atomic E-state index is 0.343. The number of aromatic nitrogens is 1. The van der Waals surface area contributed by atoms with Gasteiger partial charge in [0.1, 0.15) is 0 Å². The number of hydrogen-bond acceptors (Lipinski definition) is 2. The molecular formula is C25H31N3. The van der Waals surface area contributed by atoms with E-state index in [-0.39, 0.29) is 0 Å². The molecule has 3 aromatic rings. The molecule has 1 N–H and O–H groups in total. The Morgan fingerprint density at radius 1 is 1.04 bits per heavy atom. The number of H-pyrrole nitrogens is 1. The van der Waals surface area contributed by atoms with Crippen molar-refractivity contribution < 1.29 is 0 Å². The number of aromatic amines is 1. The van der Waals surface area contributed by atoms with Crippen LogP contribution in [0.5, 0.6) is 0 Å². The van der Waals surface area contributed by atoms with Crippen LogP contribution in [0.25, 0.3) is 10.9 Å². The molecule has 3 heteroatoms. The van der Waals surface area contributed by atoms with Crippen molar-refractivity contribution in [2.45, 2.75) is 45.2 Å². The van der Waals surface area contributed by atoms with E-state index in [0.717, 1.165) is 13.0 Å². The molecular weight excluding hydrogens is 342 g/mol. The highest BCUT2D eigenvalue weighted by atomic mass is 15.3. The fourth-order valence-electron chi connectivity index (χ4n) is 5.22. The topological polar surface area (TPSA) is 22.3 Å². The lowest BCUT2D eigenvalue weighted by atomic mass is 9.86. The second kappa shape index (κ2) is 7.38. The normalized spacial score (nSPS) is 22.9. The van der Waals surface area contributed by atoms with Crippen molar-refractivity contribution in [2.24, 2.45) is 0 Å². The number of nitrogens with zero attached hydrogens (tertiary/aromatic N) is 2. The van der Waals surface area contributed by atoms with Gasteiger partial charge in [0.25, 0.3) is 0 Å². The minimum Gasteiger partial charge on any atom is -0.357 e. The third-order valence-corrected chi connectivity index (χ3v) is 6.72. The predicted octanol–water partition coefficient (Wildman–Crippen LogP) is 4.91. The summed E-state index contributed by atoms with van der Waals surface area (Å²) in [4.78, 5) is 9.26. The molecule has 146 valence electrons. The Morgan fingerprint density at radius 2 is 1.86 bits per heavy atom. The summed E-state index contributed by atoms with van der Waals surface area (Å²) in [7, 11) is 0. The van der Waals surface area contributed by atoms with Gasteiger partial charge in [-0.25, -0.2) is 0 Å². The molecule has 0 spiro atoms. The Hall–Kier alpha value is -2.10. The molecule has 28 heavy (non-hydrogen) atoms. The molecule has 1 aromatic heterocycles. The molecule has 3 nitrogen and oxygen atoms in total. The van der Waals surface area contributed by atoms with Crippen LogP contribution in [0.3, 0.4) is 0 Å². The van der Waals surface area contributed by atoms with Crippen LogP contribution in [-0.2, 0) is 6.42 Å². The van der Waals surface area contributed by atoms with E-state index in [9.17, 15) is 0 Å². The van der Waals surface area contributed by atoms with Crippen LogP contribution < -0.4 is 0 Å². The molecule has 0 radical (unpaired) electrons. The van der Waals surface area contributed by atoms with E-state index in [1.165, 1.54) is 60.2 Å². The summed E-state index contributed by atoms with van der Waals surface area (Å²) in [5, 5.41) is 1.42. The van der Waals surface area contributed by atoms with Gasteiger partial charge in [0.05, 0.1) is 6.04 Å². The van der Waals surface area contributed by atoms with Gasteiger partial charge in [0, 0.05) is 42.3 Å². The van der Waals surface area contributed by atoms with Crippen molar-refractivity contribution in [1.82, 2.24) is 14.8 Å². The van der Waals surface area contributed by atoms with Crippen LogP contribution in [0.4, 0.5) is 0 Å². The van der Waals surface area contributed by atoms with E-state index in [0.29, 0.717) is 12.1 Å². The first-order valence-corrected chi connectivity index (χ1v) is 10.9. The van der Waals surface area contributed by atoms with Gasteiger partial charge in [0.2, 0.25) is 0 Å². The summed E-state index contributed by atoms with van der Waals surface area (Å²) in [6, 6.07) is 19.0. The molecule has 2 aliphatic heterocycles. The lowest BCUT2D eigenvalue weighted by molar-refractivity contribution is 0.0419. The van der Waals surface area contributed by atoms with Crippen molar-refractivity contribution >= 4 is 10.9 Å². The van der Waals surface area contributed by atoms with Crippen LogP contribution in [0.15, 0.2) is 48.5 Å². The predicted molar refractivity (Wildman–Crippen MR) is 117 cm³/mol. The van der Waals surface area contributed by atoms with E-state index < -0.39 is 0 Å².